The van der Waals surface area contributed by atoms with Crippen LogP contribution in [0, 0.1) is 5.41 Å². The zero-order valence-corrected chi connectivity index (χ0v) is 15.2. The molecule has 3 rings (SSSR count). The van der Waals surface area contributed by atoms with Gasteiger partial charge in [-0.05, 0) is 24.5 Å². The van der Waals surface area contributed by atoms with Crippen LogP contribution in [0.15, 0.2) is 65.9 Å². The van der Waals surface area contributed by atoms with Gasteiger partial charge in [0, 0.05) is 24.4 Å². The molecule has 0 saturated carbocycles. The number of fused-ring (bicyclic) bond motifs is 1. The predicted molar refractivity (Wildman–Crippen MR) is 104 cm³/mol. The van der Waals surface area contributed by atoms with Gasteiger partial charge in [0.15, 0.2) is 5.78 Å². The van der Waals surface area contributed by atoms with Crippen molar-refractivity contribution in [2.24, 2.45) is 0 Å². The predicted octanol–water partition coefficient (Wildman–Crippen LogP) is 3.70. The molecule has 2 aromatic carbocycles. The van der Waals surface area contributed by atoms with Gasteiger partial charge in [0.05, 0.1) is 12.0 Å². The molecule has 0 fully saturated rings. The van der Waals surface area contributed by atoms with E-state index in [1.165, 1.54) is 12.5 Å². The second-order valence-corrected chi connectivity index (χ2v) is 6.66. The van der Waals surface area contributed by atoms with Gasteiger partial charge in [-0.1, -0.05) is 54.6 Å². The SMILES string of the molecule is CC(=N)/C(C(=O)N1CCc2ccccc2C1)=C(\O)CC(=O)c1ccccc1. The molecule has 5 heteroatoms. The van der Waals surface area contributed by atoms with Gasteiger partial charge < -0.3 is 15.4 Å². The van der Waals surface area contributed by atoms with E-state index in [0.717, 1.165) is 12.0 Å². The highest BCUT2D eigenvalue weighted by Crippen LogP contribution is 2.22. The number of allylic oxidation sites excluding steroid dienone is 1. The van der Waals surface area contributed by atoms with Crippen molar-refractivity contribution in [2.75, 3.05) is 6.54 Å². The Morgan fingerprint density at radius 1 is 1.04 bits per heavy atom. The first-order valence-electron chi connectivity index (χ1n) is 8.89. The van der Waals surface area contributed by atoms with E-state index >= 15 is 0 Å². The van der Waals surface area contributed by atoms with Gasteiger partial charge >= 0.3 is 0 Å². The minimum atomic E-state index is -0.407. The normalized spacial score (nSPS) is 14.2. The van der Waals surface area contributed by atoms with Crippen LogP contribution in [0.4, 0.5) is 0 Å². The third kappa shape index (κ3) is 4.14. The van der Waals surface area contributed by atoms with Crippen molar-refractivity contribution in [1.82, 2.24) is 4.90 Å². The summed E-state index contributed by atoms with van der Waals surface area (Å²) in [4.78, 5) is 26.9. The van der Waals surface area contributed by atoms with Crippen LogP contribution in [0.25, 0.3) is 0 Å². The summed E-state index contributed by atoms with van der Waals surface area (Å²) in [6, 6.07) is 16.6. The second kappa shape index (κ2) is 7.99. The highest BCUT2D eigenvalue weighted by atomic mass is 16.3. The molecule has 0 bridgehead atoms. The minimum absolute atomic E-state index is 0.0442. The van der Waals surface area contributed by atoms with Gasteiger partial charge in [-0.25, -0.2) is 0 Å². The van der Waals surface area contributed by atoms with E-state index < -0.39 is 5.91 Å². The summed E-state index contributed by atoms with van der Waals surface area (Å²) < 4.78 is 0. The van der Waals surface area contributed by atoms with E-state index in [9.17, 15) is 14.7 Å². The topological polar surface area (TPSA) is 81.5 Å². The molecular formula is C22H22N2O3. The van der Waals surface area contributed by atoms with Crippen molar-refractivity contribution in [1.29, 1.82) is 5.41 Å². The molecule has 0 radical (unpaired) electrons. The van der Waals surface area contributed by atoms with Crippen LogP contribution in [-0.4, -0.2) is 34.0 Å². The number of nitrogens with one attached hydrogen (secondary N) is 1. The van der Waals surface area contributed by atoms with Crippen molar-refractivity contribution in [3.63, 3.8) is 0 Å². The Labute approximate surface area is 158 Å². The molecule has 0 aliphatic carbocycles. The smallest absolute Gasteiger partial charge is 0.259 e. The highest BCUT2D eigenvalue weighted by molar-refractivity contribution is 6.20. The Bertz CT molecular complexity index is 916. The van der Waals surface area contributed by atoms with Crippen molar-refractivity contribution in [3.05, 3.63) is 82.6 Å². The number of ketones is 1. The molecule has 0 aromatic heterocycles. The number of carbonyl (C=O) groups excluding carboxylic acids is 2. The average Bonchev–Trinajstić information content (AvgIpc) is 2.68. The van der Waals surface area contributed by atoms with Crippen molar-refractivity contribution >= 4 is 17.4 Å². The number of aliphatic hydroxyl groups is 1. The molecule has 0 atom stereocenters. The molecule has 0 unspecified atom stereocenters. The number of carbonyl (C=O) groups is 2. The summed E-state index contributed by atoms with van der Waals surface area (Å²) in [7, 11) is 0. The Kier molecular flexibility index (Phi) is 5.50. The zero-order valence-electron chi connectivity index (χ0n) is 15.2. The van der Waals surface area contributed by atoms with E-state index in [1.54, 1.807) is 35.2 Å². The lowest BCUT2D eigenvalue weighted by Gasteiger charge is -2.29. The Morgan fingerprint density at radius 2 is 1.67 bits per heavy atom. The average molecular weight is 362 g/mol. The van der Waals surface area contributed by atoms with E-state index in [4.69, 9.17) is 5.41 Å². The maximum absolute atomic E-state index is 13.0. The van der Waals surface area contributed by atoms with Crippen molar-refractivity contribution in [3.8, 4) is 0 Å². The molecular weight excluding hydrogens is 340 g/mol. The summed E-state index contributed by atoms with van der Waals surface area (Å²) in [5.41, 5.74) is 2.61. The van der Waals surface area contributed by atoms with Crippen LogP contribution >= 0.6 is 0 Å². The Balaban J connectivity index is 1.82. The quantitative estimate of drug-likeness (QED) is 0.368. The lowest BCUT2D eigenvalue weighted by Crippen LogP contribution is -2.38. The number of benzene rings is 2. The lowest BCUT2D eigenvalue weighted by atomic mass is 9.97. The molecule has 27 heavy (non-hydrogen) atoms. The Morgan fingerprint density at radius 3 is 2.33 bits per heavy atom. The first kappa shape index (κ1) is 18.6. The molecule has 138 valence electrons. The number of amides is 1. The van der Waals surface area contributed by atoms with E-state index in [1.807, 2.05) is 24.3 Å². The fourth-order valence-corrected chi connectivity index (χ4v) is 3.29. The maximum atomic E-state index is 13.0. The molecule has 2 N–H and O–H groups in total. The van der Waals surface area contributed by atoms with Gasteiger partial charge in [0.1, 0.15) is 5.76 Å². The highest BCUT2D eigenvalue weighted by Gasteiger charge is 2.27. The fraction of sp³-hybridized carbons (Fsp3) is 0.227. The molecule has 0 saturated heterocycles. The molecule has 1 amide bonds. The second-order valence-electron chi connectivity index (χ2n) is 6.66. The molecule has 1 aliphatic heterocycles. The standard InChI is InChI=1S/C22H22N2O3/c1-15(23)21(20(26)13-19(25)17-8-3-2-4-9-17)22(27)24-12-11-16-7-5-6-10-18(16)14-24/h2-10,23,26H,11-14H2,1H3/b21-20+,23-15?. The molecule has 0 spiro atoms. The summed E-state index contributed by atoms with van der Waals surface area (Å²) in [6.07, 6.45) is 0.432. The monoisotopic (exact) mass is 362 g/mol. The number of Topliss-reactive ketones (excluding diaryl/α,β-unsaturated/α-hetero) is 1. The molecule has 5 nitrogen and oxygen atoms in total. The Hall–Kier alpha value is -3.21. The van der Waals surface area contributed by atoms with Crippen LogP contribution < -0.4 is 0 Å². The van der Waals surface area contributed by atoms with Gasteiger partial charge in [0.2, 0.25) is 0 Å². The van der Waals surface area contributed by atoms with E-state index in [-0.39, 0.29) is 29.2 Å². The number of nitrogens with zero attached hydrogens (tertiary/aromatic N) is 1. The zero-order chi connectivity index (χ0) is 19.4. The lowest BCUT2D eigenvalue weighted by molar-refractivity contribution is -0.127. The first-order chi connectivity index (χ1) is 13.0. The number of hydrogen-bond donors (Lipinski definition) is 2. The third-order valence-corrected chi connectivity index (χ3v) is 4.72. The number of aliphatic hydroxyl groups excluding tert-OH is 1. The maximum Gasteiger partial charge on any atom is 0.259 e. The van der Waals surface area contributed by atoms with E-state index in [2.05, 4.69) is 0 Å². The van der Waals surface area contributed by atoms with Crippen LogP contribution in [0.2, 0.25) is 0 Å². The largest absolute Gasteiger partial charge is 0.511 e. The molecule has 1 aliphatic rings. The van der Waals surface area contributed by atoms with Crippen molar-refractivity contribution in [2.45, 2.75) is 26.3 Å². The van der Waals surface area contributed by atoms with Crippen LogP contribution in [-0.2, 0) is 17.8 Å². The first-order valence-corrected chi connectivity index (χ1v) is 8.89. The van der Waals surface area contributed by atoms with Gasteiger partial charge in [-0.15, -0.1) is 0 Å². The summed E-state index contributed by atoms with van der Waals surface area (Å²) in [5, 5.41) is 18.4. The van der Waals surface area contributed by atoms with Crippen molar-refractivity contribution < 1.29 is 14.7 Å². The molecule has 2 aromatic rings. The van der Waals surface area contributed by atoms with Crippen LogP contribution in [0.1, 0.15) is 34.8 Å². The third-order valence-electron chi connectivity index (χ3n) is 4.72. The van der Waals surface area contributed by atoms with E-state index in [0.29, 0.717) is 18.7 Å². The van der Waals surface area contributed by atoms with Gasteiger partial charge in [-0.2, -0.15) is 0 Å². The van der Waals surface area contributed by atoms with Gasteiger partial charge in [-0.3, -0.25) is 9.59 Å². The minimum Gasteiger partial charge on any atom is -0.511 e. The summed E-state index contributed by atoms with van der Waals surface area (Å²) >= 11 is 0. The summed E-state index contributed by atoms with van der Waals surface area (Å²) in [5.74, 6) is -1.04. The fourth-order valence-electron chi connectivity index (χ4n) is 3.29. The number of hydrogen-bond acceptors (Lipinski definition) is 4. The number of rotatable bonds is 5. The van der Waals surface area contributed by atoms with Crippen LogP contribution in [0.3, 0.4) is 0 Å². The summed E-state index contributed by atoms with van der Waals surface area (Å²) in [6.45, 7) is 2.41. The van der Waals surface area contributed by atoms with Crippen LogP contribution in [0.5, 0.6) is 0 Å². The molecule has 1 heterocycles. The van der Waals surface area contributed by atoms with Gasteiger partial charge in [0.25, 0.3) is 5.91 Å².